The van der Waals surface area contributed by atoms with Crippen molar-refractivity contribution in [2.45, 2.75) is 37.3 Å². The largest absolute Gasteiger partial charge is 0.327 e. The zero-order valence-electron chi connectivity index (χ0n) is 22.2. The number of nitrogens with zero attached hydrogens (tertiary/aromatic N) is 3. The standard InChI is InChI=1S/C29H32N6O3.H2S/c1-4-24(36)30-22-12-10-20(11-13-22)28(38)31-27-23-18-35(29(14-15-29)26(23)32-33-27)25(37)16-21(17-34(2)3)19-8-6-5-7-9-19;/h4-13,21H,1,14-18H2,2-3H3,(H,30,36)(H2,31,32,33,38);1H2/t21-;/m1./s1. The molecule has 204 valence electrons. The Morgan fingerprint density at radius 3 is 2.41 bits per heavy atom. The first-order valence-electron chi connectivity index (χ1n) is 12.7. The topological polar surface area (TPSA) is 110 Å². The Kier molecular flexibility index (Phi) is 8.27. The van der Waals surface area contributed by atoms with Gasteiger partial charge in [0.25, 0.3) is 5.91 Å². The van der Waals surface area contributed by atoms with E-state index in [0.717, 1.165) is 36.2 Å². The van der Waals surface area contributed by atoms with Crippen LogP contribution in [0.5, 0.6) is 0 Å². The molecule has 2 heterocycles. The highest BCUT2D eigenvalue weighted by molar-refractivity contribution is 7.59. The van der Waals surface area contributed by atoms with Crippen LogP contribution in [0, 0.1) is 0 Å². The first-order chi connectivity index (χ1) is 18.3. The van der Waals surface area contributed by atoms with E-state index in [1.807, 2.05) is 37.2 Å². The van der Waals surface area contributed by atoms with Gasteiger partial charge in [-0.25, -0.2) is 0 Å². The van der Waals surface area contributed by atoms with Crippen LogP contribution in [0.4, 0.5) is 11.5 Å². The minimum atomic E-state index is -0.354. The number of nitrogens with one attached hydrogen (secondary N) is 3. The molecule has 10 heteroatoms. The first-order valence-corrected chi connectivity index (χ1v) is 12.7. The second-order valence-electron chi connectivity index (χ2n) is 10.2. The number of likely N-dealkylation sites (N-methyl/N-ethyl adjacent to an activating group) is 1. The Labute approximate surface area is 235 Å². The number of anilines is 2. The van der Waals surface area contributed by atoms with Gasteiger partial charge < -0.3 is 20.4 Å². The predicted molar refractivity (Wildman–Crippen MR) is 156 cm³/mol. The molecule has 1 aliphatic heterocycles. The number of amides is 3. The fraction of sp³-hybridized carbons (Fsp3) is 0.310. The summed E-state index contributed by atoms with van der Waals surface area (Å²) >= 11 is 0. The number of aromatic amines is 1. The highest BCUT2D eigenvalue weighted by Crippen LogP contribution is 2.57. The number of rotatable bonds is 9. The summed E-state index contributed by atoms with van der Waals surface area (Å²) in [6, 6.07) is 16.7. The molecule has 1 spiro atoms. The van der Waals surface area contributed by atoms with Crippen LogP contribution in [-0.2, 0) is 21.7 Å². The van der Waals surface area contributed by atoms with Crippen molar-refractivity contribution in [3.63, 3.8) is 0 Å². The van der Waals surface area contributed by atoms with Crippen molar-refractivity contribution in [1.82, 2.24) is 20.0 Å². The van der Waals surface area contributed by atoms with E-state index in [0.29, 0.717) is 30.0 Å². The molecule has 1 atom stereocenters. The van der Waals surface area contributed by atoms with Crippen LogP contribution in [0.25, 0.3) is 0 Å². The Morgan fingerprint density at radius 1 is 1.10 bits per heavy atom. The number of aromatic nitrogens is 2. The van der Waals surface area contributed by atoms with E-state index in [-0.39, 0.29) is 42.7 Å². The van der Waals surface area contributed by atoms with Crippen LogP contribution in [-0.4, -0.2) is 58.4 Å². The summed E-state index contributed by atoms with van der Waals surface area (Å²) < 4.78 is 0. The molecular weight excluding hydrogens is 512 g/mol. The number of carbonyl (C=O) groups excluding carboxylic acids is 3. The second kappa shape index (κ2) is 11.5. The molecule has 5 rings (SSSR count). The number of hydrogen-bond acceptors (Lipinski definition) is 5. The van der Waals surface area contributed by atoms with Gasteiger partial charge in [-0.3, -0.25) is 19.5 Å². The molecular formula is C29H34N6O3S. The van der Waals surface area contributed by atoms with Gasteiger partial charge in [-0.05, 0) is 62.8 Å². The molecule has 0 unspecified atom stereocenters. The van der Waals surface area contributed by atoms with Gasteiger partial charge in [0.2, 0.25) is 11.8 Å². The van der Waals surface area contributed by atoms with Gasteiger partial charge >= 0.3 is 0 Å². The fourth-order valence-electron chi connectivity index (χ4n) is 5.27. The number of fused-ring (bicyclic) bond motifs is 2. The van der Waals surface area contributed by atoms with Crippen molar-refractivity contribution in [3.8, 4) is 0 Å². The minimum Gasteiger partial charge on any atom is -0.327 e. The van der Waals surface area contributed by atoms with Gasteiger partial charge in [0.05, 0.1) is 17.8 Å². The van der Waals surface area contributed by atoms with Crippen LogP contribution in [0.1, 0.15) is 52.4 Å². The van der Waals surface area contributed by atoms with Gasteiger partial charge in [0, 0.05) is 35.7 Å². The van der Waals surface area contributed by atoms with Crippen molar-refractivity contribution in [2.75, 3.05) is 31.3 Å². The maximum Gasteiger partial charge on any atom is 0.256 e. The number of H-pyrrole nitrogens is 1. The lowest BCUT2D eigenvalue weighted by molar-refractivity contribution is -0.135. The predicted octanol–water partition coefficient (Wildman–Crippen LogP) is 3.97. The van der Waals surface area contributed by atoms with Gasteiger partial charge in [0.15, 0.2) is 5.82 Å². The Bertz CT molecular complexity index is 1370. The normalized spacial score (nSPS) is 15.3. The number of benzene rings is 2. The van der Waals surface area contributed by atoms with Crippen LogP contribution in [0.3, 0.4) is 0 Å². The molecule has 1 saturated carbocycles. The summed E-state index contributed by atoms with van der Waals surface area (Å²) in [5.41, 5.74) is 3.59. The lowest BCUT2D eigenvalue weighted by Crippen LogP contribution is -2.37. The Hall–Kier alpha value is -3.89. The van der Waals surface area contributed by atoms with Crippen molar-refractivity contribution in [2.24, 2.45) is 0 Å². The van der Waals surface area contributed by atoms with Crippen LogP contribution in [0.2, 0.25) is 0 Å². The molecule has 0 radical (unpaired) electrons. The Balaban J connectivity index is 0.00000353. The minimum absolute atomic E-state index is 0. The summed E-state index contributed by atoms with van der Waals surface area (Å²) in [6.07, 6.45) is 3.35. The fourth-order valence-corrected chi connectivity index (χ4v) is 5.27. The van der Waals surface area contributed by atoms with Crippen molar-refractivity contribution in [1.29, 1.82) is 0 Å². The number of carbonyl (C=O) groups is 3. The van der Waals surface area contributed by atoms with Crippen LogP contribution >= 0.6 is 13.5 Å². The molecule has 1 aliphatic carbocycles. The average Bonchev–Trinajstić information content (AvgIpc) is 3.51. The van der Waals surface area contributed by atoms with E-state index in [2.05, 4.69) is 44.4 Å². The van der Waals surface area contributed by atoms with E-state index in [1.165, 1.54) is 6.08 Å². The highest BCUT2D eigenvalue weighted by atomic mass is 32.1. The lowest BCUT2D eigenvalue weighted by atomic mass is 9.94. The maximum atomic E-state index is 13.7. The van der Waals surface area contributed by atoms with Crippen LogP contribution < -0.4 is 10.6 Å². The van der Waals surface area contributed by atoms with Crippen molar-refractivity contribution >= 4 is 42.7 Å². The third-order valence-electron chi connectivity index (χ3n) is 7.30. The third-order valence-corrected chi connectivity index (χ3v) is 7.30. The quantitative estimate of drug-likeness (QED) is 0.352. The van der Waals surface area contributed by atoms with Gasteiger partial charge in [-0.2, -0.15) is 18.6 Å². The monoisotopic (exact) mass is 546 g/mol. The summed E-state index contributed by atoms with van der Waals surface area (Å²) in [7, 11) is 4.05. The smallest absolute Gasteiger partial charge is 0.256 e. The molecule has 1 fully saturated rings. The maximum absolute atomic E-state index is 13.7. The molecule has 2 aliphatic rings. The summed E-state index contributed by atoms with van der Waals surface area (Å²) in [5, 5.41) is 13.0. The molecule has 1 aromatic heterocycles. The molecule has 0 bridgehead atoms. The zero-order chi connectivity index (χ0) is 26.9. The molecule has 2 aromatic carbocycles. The molecule has 3 aromatic rings. The molecule has 9 nitrogen and oxygen atoms in total. The van der Waals surface area contributed by atoms with Crippen molar-refractivity contribution < 1.29 is 14.4 Å². The Morgan fingerprint density at radius 2 is 1.79 bits per heavy atom. The second-order valence-corrected chi connectivity index (χ2v) is 10.2. The summed E-state index contributed by atoms with van der Waals surface area (Å²) in [6.45, 7) is 4.62. The van der Waals surface area contributed by atoms with Crippen LogP contribution in [0.15, 0.2) is 67.3 Å². The van der Waals surface area contributed by atoms with Gasteiger partial charge in [-0.15, -0.1) is 0 Å². The van der Waals surface area contributed by atoms with E-state index >= 15 is 0 Å². The van der Waals surface area contributed by atoms with Gasteiger partial charge in [0.1, 0.15) is 0 Å². The van der Waals surface area contributed by atoms with E-state index in [9.17, 15) is 14.4 Å². The average molecular weight is 547 g/mol. The lowest BCUT2D eigenvalue weighted by Gasteiger charge is -2.28. The SMILES string of the molecule is C=CC(=O)Nc1ccc(C(=O)Nc2n[nH]c3c2CN(C(=O)C[C@H](CN(C)C)c2ccccc2)C32CC2)cc1.S. The zero-order valence-corrected chi connectivity index (χ0v) is 23.2. The molecule has 0 saturated heterocycles. The summed E-state index contributed by atoms with van der Waals surface area (Å²) in [4.78, 5) is 42.2. The van der Waals surface area contributed by atoms with E-state index in [4.69, 9.17) is 0 Å². The highest BCUT2D eigenvalue weighted by Gasteiger charge is 2.58. The van der Waals surface area contributed by atoms with E-state index < -0.39 is 0 Å². The van der Waals surface area contributed by atoms with Gasteiger partial charge in [-0.1, -0.05) is 36.9 Å². The third kappa shape index (κ3) is 5.76. The molecule has 3 N–H and O–H groups in total. The molecule has 39 heavy (non-hydrogen) atoms. The summed E-state index contributed by atoms with van der Waals surface area (Å²) in [5.74, 6) is 0.00979. The van der Waals surface area contributed by atoms with Crippen molar-refractivity contribution in [3.05, 3.63) is 89.6 Å². The number of hydrogen-bond donors (Lipinski definition) is 3. The van der Waals surface area contributed by atoms with E-state index in [1.54, 1.807) is 24.3 Å². The first kappa shape index (κ1) is 28.1. The molecule has 3 amide bonds.